The number of nitrogens with zero attached hydrogens (tertiary/aromatic N) is 3. The normalized spacial score (nSPS) is 9.67. The zero-order chi connectivity index (χ0) is 42.9. The van der Waals surface area contributed by atoms with E-state index in [1.54, 1.807) is 20.8 Å². The van der Waals surface area contributed by atoms with E-state index in [2.05, 4.69) is 26.9 Å². The van der Waals surface area contributed by atoms with Crippen LogP contribution in [0.1, 0.15) is 83.0 Å². The van der Waals surface area contributed by atoms with Crippen LogP contribution in [0.4, 0.5) is 4.79 Å². The van der Waals surface area contributed by atoms with Crippen LogP contribution in [-0.2, 0) is 57.2 Å². The number of aliphatic hydroxyl groups is 3. The molecule has 0 bridgehead atoms. The third-order valence-electron chi connectivity index (χ3n) is 3.91. The predicted octanol–water partition coefficient (Wildman–Crippen LogP) is -0.911. The SMILES string of the molecule is C=CCC(=O)OC(C)(C)C.CC(C)(C)OC(=O)CCOCCO.CC(C)(C)OC(=O)CCOCCOC(=O)NCN=C=O.O=C=NCN=C=O.OCCO.[H-].[Na+]. The number of hydrogen-bond donors (Lipinski definition) is 4. The molecule has 0 fully saturated rings. The topological polar surface area (TPSA) is 285 Å². The van der Waals surface area contributed by atoms with Gasteiger partial charge in [-0.1, -0.05) is 6.08 Å². The summed E-state index contributed by atoms with van der Waals surface area (Å²) in [4.78, 5) is 81.2. The number of carbonyl (C=O) groups is 4. The summed E-state index contributed by atoms with van der Waals surface area (Å²) in [5.41, 5.74) is -1.32. The summed E-state index contributed by atoms with van der Waals surface area (Å²) in [7, 11) is 0. The van der Waals surface area contributed by atoms with Gasteiger partial charge in [0.2, 0.25) is 18.2 Å². The summed E-state index contributed by atoms with van der Waals surface area (Å²) in [6, 6.07) is 0. The summed E-state index contributed by atoms with van der Waals surface area (Å²) in [6.07, 6.45) is 5.17. The second kappa shape index (κ2) is 43.1. The van der Waals surface area contributed by atoms with Crippen molar-refractivity contribution < 1.29 is 108 Å². The minimum atomic E-state index is -0.709. The number of isocyanates is 3. The largest absolute Gasteiger partial charge is 1.00 e. The van der Waals surface area contributed by atoms with Crippen LogP contribution in [0.2, 0.25) is 0 Å². The Labute approximate surface area is 346 Å². The molecule has 4 N–H and O–H groups in total. The molecule has 0 aromatic heterocycles. The summed E-state index contributed by atoms with van der Waals surface area (Å²) in [6.45, 7) is 20.1. The van der Waals surface area contributed by atoms with Crippen LogP contribution in [0.3, 0.4) is 0 Å². The average molecular weight is 805 g/mol. The van der Waals surface area contributed by atoms with E-state index in [1.807, 2.05) is 41.5 Å². The molecule has 0 aromatic rings. The number of aliphatic hydroxyl groups excluding tert-OH is 3. The molecule has 21 heteroatoms. The molecule has 55 heavy (non-hydrogen) atoms. The van der Waals surface area contributed by atoms with Crippen molar-refractivity contribution in [1.29, 1.82) is 0 Å². The maximum Gasteiger partial charge on any atom is 1.00 e. The van der Waals surface area contributed by atoms with Gasteiger partial charge in [-0.25, -0.2) is 19.2 Å². The van der Waals surface area contributed by atoms with Gasteiger partial charge in [0.25, 0.3) is 0 Å². The maximum absolute atomic E-state index is 11.3. The Hall–Kier alpha value is -3.64. The molecule has 0 radical (unpaired) electrons. The van der Waals surface area contributed by atoms with E-state index in [-0.39, 0.29) is 133 Å². The van der Waals surface area contributed by atoms with Gasteiger partial charge in [-0.2, -0.15) is 15.0 Å². The fourth-order valence-electron chi connectivity index (χ4n) is 2.34. The van der Waals surface area contributed by atoms with Crippen molar-refractivity contribution in [2.24, 2.45) is 15.0 Å². The Morgan fingerprint density at radius 3 is 1.38 bits per heavy atom. The third kappa shape index (κ3) is 76.0. The van der Waals surface area contributed by atoms with Crippen molar-refractivity contribution in [3.05, 3.63) is 12.7 Å². The number of ether oxygens (including phenoxy) is 6. The Balaban J connectivity index is -0.000000116. The van der Waals surface area contributed by atoms with E-state index >= 15 is 0 Å². The van der Waals surface area contributed by atoms with Crippen LogP contribution in [0, 0.1) is 0 Å². The van der Waals surface area contributed by atoms with Crippen LogP contribution in [0.5, 0.6) is 0 Å². The number of amides is 1. The fraction of sp³-hybridized carbons (Fsp3) is 0.735. The summed E-state index contributed by atoms with van der Waals surface area (Å²) < 4.78 is 29.8. The zero-order valence-electron chi connectivity index (χ0n) is 35.0. The molecule has 314 valence electrons. The zero-order valence-corrected chi connectivity index (χ0v) is 36.0. The van der Waals surface area contributed by atoms with Crippen LogP contribution in [0.25, 0.3) is 0 Å². The molecule has 1 amide bonds. The smallest absolute Gasteiger partial charge is 1.00 e. The summed E-state index contributed by atoms with van der Waals surface area (Å²) in [5, 5.41) is 25.8. The monoisotopic (exact) mass is 804 g/mol. The third-order valence-corrected chi connectivity index (χ3v) is 3.91. The predicted molar refractivity (Wildman–Crippen MR) is 194 cm³/mol. The molecule has 0 rings (SSSR count). The quantitative estimate of drug-likeness (QED) is 0.0248. The Morgan fingerprint density at radius 1 is 0.636 bits per heavy atom. The Kier molecular flexibility index (Phi) is 49.6. The maximum atomic E-state index is 11.3. The number of nitrogens with one attached hydrogen (secondary N) is 1. The van der Waals surface area contributed by atoms with Crippen molar-refractivity contribution in [1.82, 2.24) is 5.32 Å². The van der Waals surface area contributed by atoms with E-state index in [0.29, 0.717) is 6.61 Å². The van der Waals surface area contributed by atoms with Gasteiger partial charge < -0.3 is 50.5 Å². The first-order valence-corrected chi connectivity index (χ1v) is 16.4. The van der Waals surface area contributed by atoms with Crippen molar-refractivity contribution in [3.8, 4) is 0 Å². The molecule has 0 saturated carbocycles. The van der Waals surface area contributed by atoms with Gasteiger partial charge in [-0.05, 0) is 62.3 Å². The van der Waals surface area contributed by atoms with Crippen molar-refractivity contribution in [3.63, 3.8) is 0 Å². The van der Waals surface area contributed by atoms with Gasteiger partial charge in [0.1, 0.15) is 30.1 Å². The van der Waals surface area contributed by atoms with Gasteiger partial charge in [0, 0.05) is 0 Å². The van der Waals surface area contributed by atoms with E-state index < -0.39 is 17.3 Å². The first kappa shape index (κ1) is 63.3. The molecule has 0 spiro atoms. The minimum absolute atomic E-state index is 0. The first-order chi connectivity index (χ1) is 25.1. The molecule has 0 atom stereocenters. The van der Waals surface area contributed by atoms with E-state index in [0.717, 1.165) is 0 Å². The molecular weight excluding hydrogens is 743 g/mol. The molecule has 0 aliphatic rings. The number of hydrogen-bond acceptors (Lipinski definition) is 19. The van der Waals surface area contributed by atoms with Gasteiger partial charge in [-0.3, -0.25) is 14.4 Å². The number of alkyl carbamates (subject to hydrolysis) is 1. The van der Waals surface area contributed by atoms with Crippen molar-refractivity contribution in [2.45, 2.75) is 98.4 Å². The molecule has 0 aromatic carbocycles. The first-order valence-electron chi connectivity index (χ1n) is 16.4. The van der Waals surface area contributed by atoms with Gasteiger partial charge in [-0.15, -0.1) is 6.58 Å². The number of aliphatic imine (C=N–C) groups is 3. The molecule has 0 unspecified atom stereocenters. The van der Waals surface area contributed by atoms with Gasteiger partial charge in [0.15, 0.2) is 6.67 Å². The number of carbonyl (C=O) groups excluding carboxylic acids is 7. The number of esters is 3. The molecule has 0 saturated heterocycles. The average Bonchev–Trinajstić information content (AvgIpc) is 3.04. The van der Waals surface area contributed by atoms with E-state index in [1.165, 1.54) is 24.3 Å². The van der Waals surface area contributed by atoms with Crippen molar-refractivity contribution >= 4 is 42.2 Å². The second-order valence-corrected chi connectivity index (χ2v) is 12.5. The van der Waals surface area contributed by atoms with Crippen LogP contribution in [0.15, 0.2) is 27.6 Å². The molecule has 0 heterocycles. The summed E-state index contributed by atoms with van der Waals surface area (Å²) in [5.74, 6) is -0.837. The van der Waals surface area contributed by atoms with Crippen LogP contribution < -0.4 is 34.9 Å². The van der Waals surface area contributed by atoms with Gasteiger partial charge >= 0.3 is 53.6 Å². The standard InChI is InChI=1S/C12H20N2O6.C9H18O4.C8H14O2.C3H2N2O2.C2H6O2.Na.H/c1-12(2,3)20-10(16)4-5-18-6-7-19-11(17)14-8-13-9-15;1-9(2,3)13-8(11)4-6-12-7-5-10;1-5-6-7(9)10-8(2,3)4;6-2-4-1-5-3-7;3-1-2-4;;/h4-8H2,1-3H3,(H,14,17);10H,4-7H2,1-3H3;5H,1,6H2,2-4H3;1H2;3-4H,1-2H2;;/q;;;;;+1;-1. The van der Waals surface area contributed by atoms with E-state index in [9.17, 15) is 33.6 Å². The van der Waals surface area contributed by atoms with Crippen LogP contribution >= 0.6 is 0 Å². The molecule has 0 aliphatic carbocycles. The number of rotatable bonds is 18. The Morgan fingerprint density at radius 2 is 1.04 bits per heavy atom. The van der Waals surface area contributed by atoms with Crippen molar-refractivity contribution in [2.75, 3.05) is 66.2 Å². The Bertz CT molecular complexity index is 1140. The fourth-order valence-corrected chi connectivity index (χ4v) is 2.34. The minimum Gasteiger partial charge on any atom is -1.00 e. The second-order valence-electron chi connectivity index (χ2n) is 12.5. The molecular formula is C34H61N4NaO16. The van der Waals surface area contributed by atoms with E-state index in [4.69, 9.17) is 43.7 Å². The van der Waals surface area contributed by atoms with Gasteiger partial charge in [0.05, 0.1) is 65.5 Å². The summed E-state index contributed by atoms with van der Waals surface area (Å²) >= 11 is 0. The molecule has 0 aliphatic heterocycles. The van der Waals surface area contributed by atoms with Crippen LogP contribution in [-0.4, -0.2) is 141 Å². The molecule has 20 nitrogen and oxygen atoms in total.